The monoisotopic (exact) mass is 324 g/mol. The van der Waals surface area contributed by atoms with Crippen molar-refractivity contribution in [1.29, 1.82) is 0 Å². The lowest BCUT2D eigenvalue weighted by Crippen LogP contribution is -2.21. The molecule has 1 aromatic carbocycles. The first-order valence-corrected chi connectivity index (χ1v) is 8.08. The van der Waals surface area contributed by atoms with Crippen molar-refractivity contribution in [2.75, 3.05) is 0 Å². The van der Waals surface area contributed by atoms with E-state index >= 15 is 0 Å². The third-order valence-electron chi connectivity index (χ3n) is 3.31. The van der Waals surface area contributed by atoms with Gasteiger partial charge in [0, 0.05) is 17.5 Å². The Hall–Kier alpha value is -2.73. The van der Waals surface area contributed by atoms with E-state index in [0.29, 0.717) is 13.1 Å². The van der Waals surface area contributed by atoms with Crippen LogP contribution >= 0.6 is 11.3 Å². The SMILES string of the molecule is O=C(/C=C/c1cccs1)NCc1ccccc1Cn1cncn1. The number of amides is 1. The molecule has 3 rings (SSSR count). The van der Waals surface area contributed by atoms with E-state index in [0.717, 1.165) is 16.0 Å². The molecule has 0 fully saturated rings. The van der Waals surface area contributed by atoms with Gasteiger partial charge in [-0.05, 0) is 28.6 Å². The zero-order chi connectivity index (χ0) is 15.9. The number of rotatable bonds is 6. The van der Waals surface area contributed by atoms with E-state index < -0.39 is 0 Å². The molecule has 0 atom stereocenters. The van der Waals surface area contributed by atoms with Gasteiger partial charge in [-0.15, -0.1) is 11.3 Å². The fourth-order valence-corrected chi connectivity index (χ4v) is 2.78. The lowest BCUT2D eigenvalue weighted by molar-refractivity contribution is -0.116. The molecule has 0 radical (unpaired) electrons. The average Bonchev–Trinajstić information content (AvgIpc) is 3.25. The number of aromatic nitrogens is 3. The Morgan fingerprint density at radius 1 is 1.22 bits per heavy atom. The van der Waals surface area contributed by atoms with Crippen molar-refractivity contribution in [3.8, 4) is 0 Å². The first kappa shape index (κ1) is 15.2. The van der Waals surface area contributed by atoms with Gasteiger partial charge in [-0.3, -0.25) is 4.79 Å². The van der Waals surface area contributed by atoms with E-state index in [9.17, 15) is 4.79 Å². The number of nitrogens with zero attached hydrogens (tertiary/aromatic N) is 3. The summed E-state index contributed by atoms with van der Waals surface area (Å²) in [6, 6.07) is 11.9. The summed E-state index contributed by atoms with van der Waals surface area (Å²) >= 11 is 1.60. The molecule has 0 aliphatic carbocycles. The van der Waals surface area contributed by atoms with Crippen LogP contribution in [0.4, 0.5) is 0 Å². The van der Waals surface area contributed by atoms with Gasteiger partial charge in [0.05, 0.1) is 6.54 Å². The smallest absolute Gasteiger partial charge is 0.244 e. The third kappa shape index (κ3) is 4.37. The Balaban J connectivity index is 1.60. The van der Waals surface area contributed by atoms with Crippen LogP contribution in [0.15, 0.2) is 60.5 Å². The quantitative estimate of drug-likeness (QED) is 0.709. The molecule has 1 N–H and O–H groups in total. The van der Waals surface area contributed by atoms with E-state index in [1.54, 1.807) is 28.4 Å². The maximum atomic E-state index is 11.9. The zero-order valence-corrected chi connectivity index (χ0v) is 13.2. The molecular formula is C17H16N4OS. The molecule has 0 aliphatic rings. The lowest BCUT2D eigenvalue weighted by Gasteiger charge is -2.09. The lowest BCUT2D eigenvalue weighted by atomic mass is 10.1. The van der Waals surface area contributed by atoms with Crippen LogP contribution in [0.1, 0.15) is 16.0 Å². The van der Waals surface area contributed by atoms with E-state index in [-0.39, 0.29) is 5.91 Å². The van der Waals surface area contributed by atoms with Crippen molar-refractivity contribution in [1.82, 2.24) is 20.1 Å². The van der Waals surface area contributed by atoms with Crippen molar-refractivity contribution in [3.63, 3.8) is 0 Å². The number of hydrogen-bond donors (Lipinski definition) is 1. The molecule has 2 aromatic heterocycles. The fourth-order valence-electron chi connectivity index (χ4n) is 2.16. The largest absolute Gasteiger partial charge is 0.348 e. The molecule has 0 saturated carbocycles. The summed E-state index contributed by atoms with van der Waals surface area (Å²) in [4.78, 5) is 16.9. The number of carbonyl (C=O) groups excluding carboxylic acids is 1. The number of hydrogen-bond acceptors (Lipinski definition) is 4. The van der Waals surface area contributed by atoms with Crippen LogP contribution in [0.2, 0.25) is 0 Å². The van der Waals surface area contributed by atoms with Gasteiger partial charge < -0.3 is 5.32 Å². The van der Waals surface area contributed by atoms with Crippen molar-refractivity contribution >= 4 is 23.3 Å². The minimum atomic E-state index is -0.103. The van der Waals surface area contributed by atoms with Crippen LogP contribution in [0.3, 0.4) is 0 Å². The number of benzene rings is 1. The molecule has 0 aliphatic heterocycles. The van der Waals surface area contributed by atoms with Crippen molar-refractivity contribution in [2.45, 2.75) is 13.1 Å². The molecule has 0 spiro atoms. The highest BCUT2D eigenvalue weighted by Crippen LogP contribution is 2.11. The molecule has 2 heterocycles. The highest BCUT2D eigenvalue weighted by molar-refractivity contribution is 7.10. The molecule has 116 valence electrons. The van der Waals surface area contributed by atoms with E-state index in [2.05, 4.69) is 15.4 Å². The van der Waals surface area contributed by atoms with Crippen LogP contribution in [-0.2, 0) is 17.9 Å². The fraction of sp³-hybridized carbons (Fsp3) is 0.118. The van der Waals surface area contributed by atoms with Gasteiger partial charge in [-0.2, -0.15) is 5.10 Å². The van der Waals surface area contributed by atoms with Crippen LogP contribution in [0, 0.1) is 0 Å². The second kappa shape index (κ2) is 7.51. The summed E-state index contributed by atoms with van der Waals surface area (Å²) in [5, 5.41) is 9.01. The zero-order valence-electron chi connectivity index (χ0n) is 12.4. The molecule has 23 heavy (non-hydrogen) atoms. The number of thiophene rings is 1. The highest BCUT2D eigenvalue weighted by atomic mass is 32.1. The topological polar surface area (TPSA) is 59.8 Å². The van der Waals surface area contributed by atoms with Gasteiger partial charge in [0.2, 0.25) is 5.91 Å². The molecule has 0 bridgehead atoms. The number of carbonyl (C=O) groups is 1. The van der Waals surface area contributed by atoms with Gasteiger partial charge >= 0.3 is 0 Å². The predicted octanol–water partition coefficient (Wildman–Crippen LogP) is 2.72. The van der Waals surface area contributed by atoms with Crippen LogP contribution in [0.25, 0.3) is 6.08 Å². The summed E-state index contributed by atoms with van der Waals surface area (Å²) in [5.74, 6) is -0.103. The van der Waals surface area contributed by atoms with Crippen molar-refractivity contribution in [2.24, 2.45) is 0 Å². The first-order valence-electron chi connectivity index (χ1n) is 7.20. The number of nitrogens with one attached hydrogen (secondary N) is 1. The Labute approximate surface area is 138 Å². The first-order chi connectivity index (χ1) is 11.3. The maximum absolute atomic E-state index is 11.9. The molecule has 0 saturated heterocycles. The van der Waals surface area contributed by atoms with Crippen LogP contribution in [0.5, 0.6) is 0 Å². The van der Waals surface area contributed by atoms with Crippen molar-refractivity contribution < 1.29 is 4.79 Å². The summed E-state index contributed by atoms with van der Waals surface area (Å²) in [6.07, 6.45) is 6.58. The van der Waals surface area contributed by atoms with Gasteiger partial charge in [0.1, 0.15) is 12.7 Å². The molecule has 0 unspecified atom stereocenters. The van der Waals surface area contributed by atoms with Crippen LogP contribution < -0.4 is 5.32 Å². The van der Waals surface area contributed by atoms with Gasteiger partial charge in [0.25, 0.3) is 0 Å². The van der Waals surface area contributed by atoms with Gasteiger partial charge in [-0.1, -0.05) is 30.3 Å². The molecule has 3 aromatic rings. The Morgan fingerprint density at radius 3 is 2.83 bits per heavy atom. The average molecular weight is 324 g/mol. The van der Waals surface area contributed by atoms with Crippen molar-refractivity contribution in [3.05, 3.63) is 76.5 Å². The second-order valence-corrected chi connectivity index (χ2v) is 5.91. The normalized spacial score (nSPS) is 11.0. The predicted molar refractivity (Wildman–Crippen MR) is 90.8 cm³/mol. The third-order valence-corrected chi connectivity index (χ3v) is 4.15. The molecule has 6 heteroatoms. The van der Waals surface area contributed by atoms with Gasteiger partial charge in [0.15, 0.2) is 0 Å². The Bertz CT molecular complexity index is 779. The summed E-state index contributed by atoms with van der Waals surface area (Å²) in [7, 11) is 0. The van der Waals surface area contributed by atoms with Gasteiger partial charge in [-0.25, -0.2) is 9.67 Å². The molecular weight excluding hydrogens is 308 g/mol. The minimum absolute atomic E-state index is 0.103. The Kier molecular flexibility index (Phi) is 4.95. The summed E-state index contributed by atoms with van der Waals surface area (Å²) in [5.41, 5.74) is 2.18. The second-order valence-electron chi connectivity index (χ2n) is 4.93. The van der Waals surface area contributed by atoms with E-state index in [1.807, 2.05) is 47.9 Å². The minimum Gasteiger partial charge on any atom is -0.348 e. The summed E-state index contributed by atoms with van der Waals surface area (Å²) < 4.78 is 1.76. The van der Waals surface area contributed by atoms with Crippen LogP contribution in [-0.4, -0.2) is 20.7 Å². The Morgan fingerprint density at radius 2 is 2.09 bits per heavy atom. The standard InChI is InChI=1S/C17H16N4OS/c22-17(8-7-16-6-3-9-23-16)19-10-14-4-1-2-5-15(14)11-21-13-18-12-20-21/h1-9,12-13H,10-11H2,(H,19,22)/b8-7+. The summed E-state index contributed by atoms with van der Waals surface area (Å²) in [6.45, 7) is 1.12. The highest BCUT2D eigenvalue weighted by Gasteiger charge is 2.04. The maximum Gasteiger partial charge on any atom is 0.244 e. The van der Waals surface area contributed by atoms with E-state index in [1.165, 1.54) is 6.33 Å². The molecule has 5 nitrogen and oxygen atoms in total. The van der Waals surface area contributed by atoms with E-state index in [4.69, 9.17) is 0 Å². The molecule has 1 amide bonds.